The number of rotatable bonds is 4. The van der Waals surface area contributed by atoms with E-state index in [0.29, 0.717) is 11.3 Å². The van der Waals surface area contributed by atoms with Crippen molar-refractivity contribution in [2.45, 2.75) is 19.3 Å². The van der Waals surface area contributed by atoms with Gasteiger partial charge in [0, 0.05) is 30.6 Å². The van der Waals surface area contributed by atoms with Gasteiger partial charge in [0.1, 0.15) is 11.5 Å². The molecule has 0 saturated carbocycles. The number of aromatic hydroxyl groups is 1. The van der Waals surface area contributed by atoms with Gasteiger partial charge in [-0.25, -0.2) is 0 Å². The summed E-state index contributed by atoms with van der Waals surface area (Å²) in [5, 5.41) is 9.87. The molecule has 3 rings (SSSR count). The quantitative estimate of drug-likeness (QED) is 0.863. The highest BCUT2D eigenvalue weighted by molar-refractivity contribution is 5.86. The first kappa shape index (κ1) is 15.4. The van der Waals surface area contributed by atoms with Crippen LogP contribution in [0, 0.1) is 0 Å². The fourth-order valence-corrected chi connectivity index (χ4v) is 2.81. The summed E-state index contributed by atoms with van der Waals surface area (Å²) in [5.74, 6) is 0.893. The topological polar surface area (TPSA) is 45.1 Å². The van der Waals surface area contributed by atoms with Crippen molar-refractivity contribution < 1.29 is 9.84 Å². The molecular weight excluding hydrogens is 288 g/mol. The maximum absolute atomic E-state index is 9.87. The highest BCUT2D eigenvalue weighted by atomic mass is 16.5. The van der Waals surface area contributed by atoms with Gasteiger partial charge >= 0.3 is 0 Å². The largest absolute Gasteiger partial charge is 0.507 e. The summed E-state index contributed by atoms with van der Waals surface area (Å²) in [5.41, 5.74) is 2.77. The van der Waals surface area contributed by atoms with Gasteiger partial charge in [0.2, 0.25) is 0 Å². The van der Waals surface area contributed by atoms with Crippen molar-refractivity contribution >= 4 is 17.6 Å². The Kier molecular flexibility index (Phi) is 4.81. The van der Waals surface area contributed by atoms with Crippen LogP contribution in [0.3, 0.4) is 0 Å². The van der Waals surface area contributed by atoms with Crippen LogP contribution in [0.5, 0.6) is 11.5 Å². The average molecular weight is 310 g/mol. The molecule has 23 heavy (non-hydrogen) atoms. The second-order valence-electron chi connectivity index (χ2n) is 5.75. The third-order valence-electron chi connectivity index (χ3n) is 4.16. The normalized spacial score (nSPS) is 15.1. The summed E-state index contributed by atoms with van der Waals surface area (Å²) in [6, 6.07) is 13.4. The van der Waals surface area contributed by atoms with Gasteiger partial charge in [-0.05, 0) is 61.7 Å². The number of ether oxygens (including phenoxy) is 1. The Bertz CT molecular complexity index is 674. The van der Waals surface area contributed by atoms with Crippen LogP contribution in [0.2, 0.25) is 0 Å². The lowest BCUT2D eigenvalue weighted by molar-refractivity contribution is 0.412. The predicted molar refractivity (Wildman–Crippen MR) is 94.4 cm³/mol. The summed E-state index contributed by atoms with van der Waals surface area (Å²) in [7, 11) is 1.60. The maximum atomic E-state index is 9.87. The molecule has 0 unspecified atom stereocenters. The van der Waals surface area contributed by atoms with Crippen LogP contribution in [0.15, 0.2) is 47.5 Å². The van der Waals surface area contributed by atoms with Crippen molar-refractivity contribution in [3.63, 3.8) is 0 Å². The van der Waals surface area contributed by atoms with Crippen LogP contribution in [-0.4, -0.2) is 31.5 Å². The third kappa shape index (κ3) is 3.83. The van der Waals surface area contributed by atoms with Crippen molar-refractivity contribution in [3.05, 3.63) is 48.0 Å². The lowest BCUT2D eigenvalue weighted by Crippen LogP contribution is -2.29. The number of hydrogen-bond acceptors (Lipinski definition) is 4. The Morgan fingerprint density at radius 2 is 1.78 bits per heavy atom. The van der Waals surface area contributed by atoms with Crippen LogP contribution in [0.1, 0.15) is 24.8 Å². The Morgan fingerprint density at radius 1 is 1.04 bits per heavy atom. The first-order chi connectivity index (χ1) is 11.3. The Morgan fingerprint density at radius 3 is 2.48 bits per heavy atom. The number of hydrogen-bond donors (Lipinski definition) is 1. The first-order valence-corrected chi connectivity index (χ1v) is 8.02. The average Bonchev–Trinajstić information content (AvgIpc) is 2.62. The van der Waals surface area contributed by atoms with E-state index in [0.717, 1.165) is 18.8 Å². The maximum Gasteiger partial charge on any atom is 0.124 e. The molecule has 2 aromatic carbocycles. The van der Waals surface area contributed by atoms with E-state index in [-0.39, 0.29) is 5.75 Å². The number of anilines is 1. The van der Waals surface area contributed by atoms with Gasteiger partial charge in [0.05, 0.1) is 12.8 Å². The summed E-state index contributed by atoms with van der Waals surface area (Å²) in [4.78, 5) is 6.86. The molecule has 1 N–H and O–H groups in total. The molecule has 4 nitrogen and oxygen atoms in total. The van der Waals surface area contributed by atoms with E-state index < -0.39 is 0 Å². The lowest BCUT2D eigenvalue weighted by atomic mass is 10.1. The number of nitrogens with zero attached hydrogens (tertiary/aromatic N) is 2. The minimum absolute atomic E-state index is 0.194. The highest BCUT2D eigenvalue weighted by Gasteiger charge is 2.10. The second-order valence-corrected chi connectivity index (χ2v) is 5.75. The van der Waals surface area contributed by atoms with Gasteiger partial charge < -0.3 is 14.7 Å². The molecule has 0 aliphatic carbocycles. The standard InChI is InChI=1S/C19H22N2O2/c1-23-18-9-10-19(22)15(13-18)14-20-16-5-7-17(8-6-16)21-11-3-2-4-12-21/h5-10,13-14,22H,2-4,11-12H2,1H3. The van der Waals surface area contributed by atoms with Gasteiger partial charge in [-0.2, -0.15) is 0 Å². The minimum Gasteiger partial charge on any atom is -0.507 e. The van der Waals surface area contributed by atoms with Gasteiger partial charge in [-0.15, -0.1) is 0 Å². The van der Waals surface area contributed by atoms with Gasteiger partial charge in [0.15, 0.2) is 0 Å². The molecule has 0 spiro atoms. The zero-order valence-corrected chi connectivity index (χ0v) is 13.4. The molecule has 1 aliphatic heterocycles. The number of benzene rings is 2. The van der Waals surface area contributed by atoms with E-state index in [1.54, 1.807) is 31.5 Å². The molecule has 120 valence electrons. The molecule has 1 aliphatic rings. The number of phenols is 1. The second kappa shape index (κ2) is 7.18. The molecule has 0 atom stereocenters. The van der Waals surface area contributed by atoms with Crippen LogP contribution in [0.4, 0.5) is 11.4 Å². The summed E-state index contributed by atoms with van der Waals surface area (Å²) in [6.45, 7) is 2.28. The Balaban J connectivity index is 1.72. The van der Waals surface area contributed by atoms with Crippen molar-refractivity contribution in [3.8, 4) is 11.5 Å². The zero-order chi connectivity index (χ0) is 16.1. The zero-order valence-electron chi connectivity index (χ0n) is 13.4. The molecule has 1 heterocycles. The molecule has 2 aromatic rings. The number of aliphatic imine (C=N–C) groups is 1. The van der Waals surface area contributed by atoms with E-state index in [9.17, 15) is 5.11 Å². The monoisotopic (exact) mass is 310 g/mol. The highest BCUT2D eigenvalue weighted by Crippen LogP contribution is 2.24. The van der Waals surface area contributed by atoms with E-state index in [4.69, 9.17) is 4.74 Å². The van der Waals surface area contributed by atoms with Gasteiger partial charge in [0.25, 0.3) is 0 Å². The van der Waals surface area contributed by atoms with E-state index >= 15 is 0 Å². The van der Waals surface area contributed by atoms with Crippen LogP contribution >= 0.6 is 0 Å². The molecule has 0 aromatic heterocycles. The Labute approximate surface area is 137 Å². The van der Waals surface area contributed by atoms with E-state index in [1.807, 2.05) is 12.1 Å². The molecule has 1 fully saturated rings. The third-order valence-corrected chi connectivity index (χ3v) is 4.16. The molecule has 0 bridgehead atoms. The lowest BCUT2D eigenvalue weighted by Gasteiger charge is -2.28. The Hall–Kier alpha value is -2.49. The van der Waals surface area contributed by atoms with E-state index in [2.05, 4.69) is 22.0 Å². The molecular formula is C19H22N2O2. The summed E-state index contributed by atoms with van der Waals surface area (Å²) in [6.07, 6.45) is 5.54. The molecule has 4 heteroatoms. The van der Waals surface area contributed by atoms with Crippen LogP contribution in [-0.2, 0) is 0 Å². The van der Waals surface area contributed by atoms with Crippen molar-refractivity contribution in [2.75, 3.05) is 25.1 Å². The van der Waals surface area contributed by atoms with Crippen molar-refractivity contribution in [1.82, 2.24) is 0 Å². The molecule has 0 amide bonds. The van der Waals surface area contributed by atoms with Crippen molar-refractivity contribution in [2.24, 2.45) is 4.99 Å². The smallest absolute Gasteiger partial charge is 0.124 e. The SMILES string of the molecule is COc1ccc(O)c(C=Nc2ccc(N3CCCCC3)cc2)c1. The fraction of sp³-hybridized carbons (Fsp3) is 0.316. The van der Waals surface area contributed by atoms with Gasteiger partial charge in [-0.1, -0.05) is 0 Å². The number of piperidine rings is 1. The number of methoxy groups -OCH3 is 1. The van der Waals surface area contributed by atoms with Crippen LogP contribution < -0.4 is 9.64 Å². The minimum atomic E-state index is 0.194. The molecule has 1 saturated heterocycles. The molecule has 0 radical (unpaired) electrons. The van der Waals surface area contributed by atoms with Crippen molar-refractivity contribution in [1.29, 1.82) is 0 Å². The predicted octanol–water partition coefficient (Wildman–Crippen LogP) is 4.14. The summed E-state index contributed by atoms with van der Waals surface area (Å²) < 4.78 is 5.17. The van der Waals surface area contributed by atoms with E-state index in [1.165, 1.54) is 24.9 Å². The fourth-order valence-electron chi connectivity index (χ4n) is 2.81. The first-order valence-electron chi connectivity index (χ1n) is 8.02. The summed E-state index contributed by atoms with van der Waals surface area (Å²) >= 11 is 0. The number of phenolic OH excluding ortho intramolecular Hbond substituents is 1. The van der Waals surface area contributed by atoms with Crippen LogP contribution in [0.25, 0.3) is 0 Å². The van der Waals surface area contributed by atoms with Gasteiger partial charge in [-0.3, -0.25) is 4.99 Å².